The predicted molar refractivity (Wildman–Crippen MR) is 150 cm³/mol. The molecule has 0 aliphatic carbocycles. The first-order valence-corrected chi connectivity index (χ1v) is 14.2. The van der Waals surface area contributed by atoms with Gasteiger partial charge in [0.1, 0.15) is 0 Å². The smallest absolute Gasteiger partial charge is 0.305 e. The number of methoxy groups -OCH3 is 1. The molecule has 1 aromatic rings. The molecule has 0 fully saturated rings. The van der Waals surface area contributed by atoms with E-state index in [9.17, 15) is 9.90 Å². The van der Waals surface area contributed by atoms with Gasteiger partial charge in [0.15, 0.2) is 0 Å². The number of rotatable bonds is 20. The van der Waals surface area contributed by atoms with Crippen LogP contribution in [0.25, 0.3) is 6.08 Å². The van der Waals surface area contributed by atoms with Gasteiger partial charge < -0.3 is 19.6 Å². The van der Waals surface area contributed by atoms with Gasteiger partial charge in [0, 0.05) is 25.4 Å². The van der Waals surface area contributed by atoms with Gasteiger partial charge in [-0.25, -0.2) is 0 Å². The average molecular weight is 499 g/mol. The van der Waals surface area contributed by atoms with Gasteiger partial charge in [0.05, 0.1) is 25.9 Å². The molecule has 1 aliphatic rings. The number of aliphatic hydroxyl groups is 1. The molecule has 0 saturated carbocycles. The maximum atomic E-state index is 11.3. The topological polar surface area (TPSA) is 53.0 Å². The van der Waals surface area contributed by atoms with Crippen LogP contribution in [-0.2, 0) is 16.1 Å². The van der Waals surface area contributed by atoms with Gasteiger partial charge in [-0.2, -0.15) is 0 Å². The highest BCUT2D eigenvalue weighted by Crippen LogP contribution is 2.24. The molecule has 0 bridgehead atoms. The highest BCUT2D eigenvalue weighted by molar-refractivity contribution is 5.68. The van der Waals surface area contributed by atoms with Crippen molar-refractivity contribution in [3.63, 3.8) is 0 Å². The zero-order valence-electron chi connectivity index (χ0n) is 22.9. The van der Waals surface area contributed by atoms with Crippen LogP contribution in [0.1, 0.15) is 108 Å². The summed E-state index contributed by atoms with van der Waals surface area (Å²) in [5.41, 5.74) is 2.42. The zero-order chi connectivity index (χ0) is 26.0. The Kier molecular flexibility index (Phi) is 15.0. The van der Waals surface area contributed by atoms with Crippen LogP contribution >= 0.6 is 0 Å². The van der Waals surface area contributed by atoms with Gasteiger partial charge in [-0.05, 0) is 30.4 Å². The molecule has 1 N–H and O–H groups in total. The van der Waals surface area contributed by atoms with Gasteiger partial charge in [-0.3, -0.25) is 4.79 Å². The van der Waals surface area contributed by atoms with Crippen molar-refractivity contribution in [1.82, 2.24) is 9.80 Å². The van der Waals surface area contributed by atoms with E-state index in [0.717, 1.165) is 70.1 Å². The van der Waals surface area contributed by atoms with Gasteiger partial charge in [0.25, 0.3) is 0 Å². The van der Waals surface area contributed by atoms with Crippen molar-refractivity contribution in [2.45, 2.75) is 116 Å². The second kappa shape index (κ2) is 18.0. The molecule has 1 heterocycles. The summed E-state index contributed by atoms with van der Waals surface area (Å²) in [6.45, 7) is 7.77. The summed E-state index contributed by atoms with van der Waals surface area (Å²) in [4.78, 5) is 15.9. The molecular formula is C31H50N2O3. The van der Waals surface area contributed by atoms with Crippen LogP contribution in [0.3, 0.4) is 0 Å². The minimum atomic E-state index is -0.299. The number of hydrogen-bond donors (Lipinski definition) is 1. The standard InChI is InChI=1S/C31H50N2O3/c1-4-6-7-8-11-14-17-30(34)29(16-13-10-9-12-15-18-31(35)36-3)33-24-23-32(26-33)25-28-21-19-27(5-2)20-22-28/h5,19-24,29-30,34H,2,4,6-18,25-26H2,1,3H3. The number of esters is 1. The largest absolute Gasteiger partial charge is 0.469 e. The molecule has 0 aromatic heterocycles. The summed E-state index contributed by atoms with van der Waals surface area (Å²) in [5.74, 6) is -0.116. The molecule has 2 unspecified atom stereocenters. The van der Waals surface area contributed by atoms with E-state index in [4.69, 9.17) is 4.74 Å². The Morgan fingerprint density at radius 3 is 2.28 bits per heavy atom. The Morgan fingerprint density at radius 2 is 1.61 bits per heavy atom. The number of carbonyl (C=O) groups excluding carboxylic acids is 1. The minimum Gasteiger partial charge on any atom is -0.469 e. The second-order valence-electron chi connectivity index (χ2n) is 10.2. The Balaban J connectivity index is 1.82. The fourth-order valence-electron chi connectivity index (χ4n) is 4.96. The van der Waals surface area contributed by atoms with Crippen LogP contribution in [0, 0.1) is 0 Å². The molecule has 0 amide bonds. The van der Waals surface area contributed by atoms with Crippen molar-refractivity contribution in [1.29, 1.82) is 0 Å². The molecule has 5 heteroatoms. The third kappa shape index (κ3) is 11.6. The summed E-state index contributed by atoms with van der Waals surface area (Å²) in [5, 5.41) is 11.2. The Bertz CT molecular complexity index is 762. The number of benzene rings is 1. The van der Waals surface area contributed by atoms with Gasteiger partial charge in [-0.1, -0.05) is 108 Å². The first-order valence-electron chi connectivity index (χ1n) is 14.2. The molecule has 0 radical (unpaired) electrons. The Morgan fingerprint density at radius 1 is 0.972 bits per heavy atom. The third-order valence-electron chi connectivity index (χ3n) is 7.25. The van der Waals surface area contributed by atoms with E-state index in [1.54, 1.807) is 0 Å². The van der Waals surface area contributed by atoms with Crippen molar-refractivity contribution >= 4 is 12.0 Å². The zero-order valence-corrected chi connectivity index (χ0v) is 22.9. The van der Waals surface area contributed by atoms with E-state index in [1.807, 2.05) is 6.08 Å². The predicted octanol–water partition coefficient (Wildman–Crippen LogP) is 7.26. The lowest BCUT2D eigenvalue weighted by Gasteiger charge is -2.33. The molecule has 0 saturated heterocycles. The lowest BCUT2D eigenvalue weighted by atomic mass is 9.96. The van der Waals surface area contributed by atoms with E-state index < -0.39 is 0 Å². The molecule has 2 atom stereocenters. The molecular weight excluding hydrogens is 448 g/mol. The van der Waals surface area contributed by atoms with Crippen molar-refractivity contribution in [3.8, 4) is 0 Å². The van der Waals surface area contributed by atoms with Crippen LogP contribution < -0.4 is 0 Å². The second-order valence-corrected chi connectivity index (χ2v) is 10.2. The van der Waals surface area contributed by atoms with Gasteiger partial charge >= 0.3 is 5.97 Å². The quantitative estimate of drug-likeness (QED) is 0.151. The number of nitrogens with zero attached hydrogens (tertiary/aromatic N) is 2. The summed E-state index contributed by atoms with van der Waals surface area (Å²) >= 11 is 0. The molecule has 5 nitrogen and oxygen atoms in total. The normalized spacial score (nSPS) is 14.8. The number of hydrogen-bond acceptors (Lipinski definition) is 5. The maximum absolute atomic E-state index is 11.3. The number of carbonyl (C=O) groups is 1. The fraction of sp³-hybridized carbons (Fsp3) is 0.645. The minimum absolute atomic E-state index is 0.116. The number of unbranched alkanes of at least 4 members (excludes halogenated alkanes) is 9. The Labute approximate surface area is 220 Å². The van der Waals surface area contributed by atoms with Crippen molar-refractivity contribution in [2.75, 3.05) is 13.8 Å². The maximum Gasteiger partial charge on any atom is 0.305 e. The lowest BCUT2D eigenvalue weighted by Crippen LogP contribution is -2.42. The first-order chi connectivity index (χ1) is 17.6. The fourth-order valence-corrected chi connectivity index (χ4v) is 4.96. The molecule has 202 valence electrons. The molecule has 1 aliphatic heterocycles. The molecule has 0 spiro atoms. The number of ether oxygens (including phenoxy) is 1. The van der Waals surface area contributed by atoms with E-state index in [0.29, 0.717) is 6.42 Å². The monoisotopic (exact) mass is 498 g/mol. The van der Waals surface area contributed by atoms with Crippen LogP contribution in [0.4, 0.5) is 0 Å². The highest BCUT2D eigenvalue weighted by Gasteiger charge is 2.27. The van der Waals surface area contributed by atoms with Crippen molar-refractivity contribution < 1.29 is 14.6 Å². The van der Waals surface area contributed by atoms with E-state index in [2.05, 4.69) is 60.0 Å². The molecule has 1 aromatic carbocycles. The summed E-state index contributed by atoms with van der Waals surface area (Å²) in [6, 6.07) is 8.70. The SMILES string of the molecule is C=Cc1ccc(CN2C=CN(C(CCCCCCCC(=O)OC)C(O)CCCCCCCC)C2)cc1. The van der Waals surface area contributed by atoms with E-state index >= 15 is 0 Å². The number of aliphatic hydroxyl groups excluding tert-OH is 1. The van der Waals surface area contributed by atoms with E-state index in [-0.39, 0.29) is 18.1 Å². The van der Waals surface area contributed by atoms with Crippen LogP contribution in [0.15, 0.2) is 43.2 Å². The summed E-state index contributed by atoms with van der Waals surface area (Å²) in [7, 11) is 1.45. The molecule has 36 heavy (non-hydrogen) atoms. The van der Waals surface area contributed by atoms with Crippen molar-refractivity contribution in [2.24, 2.45) is 0 Å². The summed E-state index contributed by atoms with van der Waals surface area (Å²) in [6.07, 6.45) is 21.1. The van der Waals surface area contributed by atoms with Crippen LogP contribution in [0.5, 0.6) is 0 Å². The van der Waals surface area contributed by atoms with Gasteiger partial charge in [0.2, 0.25) is 0 Å². The summed E-state index contributed by atoms with van der Waals surface area (Å²) < 4.78 is 4.72. The van der Waals surface area contributed by atoms with Crippen LogP contribution in [0.2, 0.25) is 0 Å². The van der Waals surface area contributed by atoms with Crippen molar-refractivity contribution in [3.05, 3.63) is 54.4 Å². The highest BCUT2D eigenvalue weighted by atomic mass is 16.5. The lowest BCUT2D eigenvalue weighted by molar-refractivity contribution is -0.140. The molecule has 2 rings (SSSR count). The third-order valence-corrected chi connectivity index (χ3v) is 7.25. The average Bonchev–Trinajstić information content (AvgIpc) is 3.35. The Hall–Kier alpha value is -2.27. The van der Waals surface area contributed by atoms with E-state index in [1.165, 1.54) is 44.8 Å². The first kappa shape index (κ1) is 30.0. The van der Waals surface area contributed by atoms with Gasteiger partial charge in [-0.15, -0.1) is 0 Å². The van der Waals surface area contributed by atoms with Crippen LogP contribution in [-0.4, -0.2) is 46.8 Å².